The molecule has 0 aromatic heterocycles. The minimum absolute atomic E-state index is 0. The number of rotatable bonds is 9. The monoisotopic (exact) mass is 559 g/mol. The van der Waals surface area contributed by atoms with Crippen LogP contribution in [0.4, 0.5) is 5.69 Å². The van der Waals surface area contributed by atoms with Crippen LogP contribution in [0.1, 0.15) is 19.8 Å². The first-order chi connectivity index (χ1) is 13.4. The maximum Gasteiger partial charge on any atom is 0.211 e. The molecule has 29 heavy (non-hydrogen) atoms. The summed E-state index contributed by atoms with van der Waals surface area (Å²) in [7, 11) is 0.247. The van der Waals surface area contributed by atoms with Gasteiger partial charge in [-0.2, -0.15) is 0 Å². The maximum absolute atomic E-state index is 11.4. The largest absolute Gasteiger partial charge is 0.495 e. The highest BCUT2D eigenvalue weighted by atomic mass is 127. The summed E-state index contributed by atoms with van der Waals surface area (Å²) in [6, 6.07) is 5.87. The number of guanidine groups is 1. The standard InChI is InChI=1S/C18H30ClN5O3S.HI/c1-4-28(25,26)22-10-5-9-21-18(20-2)23-15-8-11-24(13-15)16-12-14(19)6-7-17(16)27-3;/h6-7,12,15,22H,4-5,8-11,13H2,1-3H3,(H2,20,21,23);1H. The van der Waals surface area contributed by atoms with Crippen LogP contribution in [0.2, 0.25) is 5.02 Å². The van der Waals surface area contributed by atoms with E-state index in [1.54, 1.807) is 21.1 Å². The van der Waals surface area contributed by atoms with Gasteiger partial charge >= 0.3 is 0 Å². The number of nitrogens with one attached hydrogen (secondary N) is 3. The summed E-state index contributed by atoms with van der Waals surface area (Å²) in [6.07, 6.45) is 1.64. The lowest BCUT2D eigenvalue weighted by Crippen LogP contribution is -2.45. The van der Waals surface area contributed by atoms with E-state index in [-0.39, 0.29) is 35.8 Å². The molecule has 0 spiro atoms. The Labute approximate surface area is 195 Å². The highest BCUT2D eigenvalue weighted by molar-refractivity contribution is 14.0. The van der Waals surface area contributed by atoms with Crippen molar-refractivity contribution in [2.45, 2.75) is 25.8 Å². The summed E-state index contributed by atoms with van der Waals surface area (Å²) >= 11 is 6.15. The number of methoxy groups -OCH3 is 1. The Kier molecular flexibility index (Phi) is 11.4. The quantitative estimate of drug-likeness (QED) is 0.186. The molecule has 1 saturated heterocycles. The van der Waals surface area contributed by atoms with Crippen molar-refractivity contribution < 1.29 is 13.2 Å². The van der Waals surface area contributed by atoms with Gasteiger partial charge in [-0.05, 0) is 38.0 Å². The second kappa shape index (κ2) is 12.7. The molecule has 1 atom stereocenters. The van der Waals surface area contributed by atoms with Gasteiger partial charge in [0.05, 0.1) is 18.6 Å². The normalized spacial score (nSPS) is 17.0. The van der Waals surface area contributed by atoms with Crippen LogP contribution in [0.5, 0.6) is 5.75 Å². The zero-order chi connectivity index (χ0) is 20.6. The zero-order valence-electron chi connectivity index (χ0n) is 17.1. The molecular formula is C18H31ClIN5O3S. The molecule has 1 aromatic rings. The van der Waals surface area contributed by atoms with Gasteiger partial charge in [0, 0.05) is 44.3 Å². The molecule has 1 aliphatic heterocycles. The van der Waals surface area contributed by atoms with Crippen LogP contribution < -0.4 is 25.0 Å². The summed E-state index contributed by atoms with van der Waals surface area (Å²) < 4.78 is 30.8. The number of hydrogen-bond acceptors (Lipinski definition) is 5. The molecule has 0 aliphatic carbocycles. The fourth-order valence-corrected chi connectivity index (χ4v) is 3.85. The number of aliphatic imine (C=N–C) groups is 1. The van der Waals surface area contributed by atoms with E-state index in [2.05, 4.69) is 25.2 Å². The van der Waals surface area contributed by atoms with Gasteiger partial charge in [-0.1, -0.05) is 11.6 Å². The van der Waals surface area contributed by atoms with Crippen LogP contribution in [0, 0.1) is 0 Å². The van der Waals surface area contributed by atoms with Crippen LogP contribution in [0.3, 0.4) is 0 Å². The van der Waals surface area contributed by atoms with Gasteiger partial charge < -0.3 is 20.3 Å². The van der Waals surface area contributed by atoms with E-state index in [9.17, 15) is 8.42 Å². The topological polar surface area (TPSA) is 95.1 Å². The molecule has 1 heterocycles. The van der Waals surface area contributed by atoms with E-state index >= 15 is 0 Å². The van der Waals surface area contributed by atoms with Crippen LogP contribution in [0.15, 0.2) is 23.2 Å². The van der Waals surface area contributed by atoms with E-state index in [0.29, 0.717) is 30.5 Å². The highest BCUT2D eigenvalue weighted by Crippen LogP contribution is 2.33. The summed E-state index contributed by atoms with van der Waals surface area (Å²) in [5, 5.41) is 7.33. The average Bonchev–Trinajstić information content (AvgIpc) is 3.15. The van der Waals surface area contributed by atoms with Crippen molar-refractivity contribution in [3.8, 4) is 5.75 Å². The van der Waals surface area contributed by atoms with Crippen LogP contribution in [-0.4, -0.2) is 66.5 Å². The number of ether oxygens (including phenoxy) is 1. The van der Waals surface area contributed by atoms with Crippen molar-refractivity contribution >= 4 is 57.2 Å². The first kappa shape index (κ1) is 26.1. The molecule has 1 fully saturated rings. The van der Waals surface area contributed by atoms with Crippen LogP contribution in [-0.2, 0) is 10.0 Å². The molecule has 11 heteroatoms. The van der Waals surface area contributed by atoms with E-state index in [4.69, 9.17) is 16.3 Å². The number of hydrogen-bond donors (Lipinski definition) is 3. The fraction of sp³-hybridized carbons (Fsp3) is 0.611. The van der Waals surface area contributed by atoms with E-state index in [1.165, 1.54) is 0 Å². The molecule has 0 saturated carbocycles. The van der Waals surface area contributed by atoms with Crippen molar-refractivity contribution in [3.05, 3.63) is 23.2 Å². The van der Waals surface area contributed by atoms with Gasteiger partial charge in [-0.25, -0.2) is 13.1 Å². The van der Waals surface area contributed by atoms with Crippen molar-refractivity contribution in [1.29, 1.82) is 0 Å². The van der Waals surface area contributed by atoms with Crippen molar-refractivity contribution in [2.75, 3.05) is 51.0 Å². The van der Waals surface area contributed by atoms with Gasteiger partial charge in [0.1, 0.15) is 5.75 Å². The minimum Gasteiger partial charge on any atom is -0.495 e. The Balaban J connectivity index is 0.00000420. The van der Waals surface area contributed by atoms with Crippen molar-refractivity contribution in [2.24, 2.45) is 4.99 Å². The van der Waals surface area contributed by atoms with Crippen LogP contribution in [0.25, 0.3) is 0 Å². The summed E-state index contributed by atoms with van der Waals surface area (Å²) in [5.74, 6) is 1.62. The highest BCUT2D eigenvalue weighted by Gasteiger charge is 2.25. The molecule has 166 valence electrons. The van der Waals surface area contributed by atoms with E-state index < -0.39 is 10.0 Å². The van der Waals surface area contributed by atoms with Gasteiger partial charge in [0.25, 0.3) is 0 Å². The Morgan fingerprint density at radius 1 is 1.38 bits per heavy atom. The Hall–Kier alpha value is -0.980. The first-order valence-electron chi connectivity index (χ1n) is 9.41. The number of sulfonamides is 1. The third-order valence-corrected chi connectivity index (χ3v) is 6.22. The van der Waals surface area contributed by atoms with Gasteiger partial charge in [-0.15, -0.1) is 24.0 Å². The predicted octanol–water partition coefficient (Wildman–Crippen LogP) is 2.04. The predicted molar refractivity (Wildman–Crippen MR) is 131 cm³/mol. The third kappa shape index (κ3) is 8.35. The average molecular weight is 560 g/mol. The Bertz CT molecular complexity index is 779. The number of benzene rings is 1. The van der Waals surface area contributed by atoms with Crippen molar-refractivity contribution in [3.63, 3.8) is 0 Å². The second-order valence-corrected chi connectivity index (χ2v) is 9.07. The Morgan fingerprint density at radius 3 is 2.79 bits per heavy atom. The SMILES string of the molecule is CCS(=O)(=O)NCCCNC(=NC)NC1CCN(c2cc(Cl)ccc2OC)C1.I. The van der Waals surface area contributed by atoms with E-state index in [0.717, 1.165) is 30.9 Å². The molecular weight excluding hydrogens is 529 g/mol. The lowest BCUT2D eigenvalue weighted by Gasteiger charge is -2.22. The zero-order valence-corrected chi connectivity index (χ0v) is 21.0. The van der Waals surface area contributed by atoms with Crippen molar-refractivity contribution in [1.82, 2.24) is 15.4 Å². The summed E-state index contributed by atoms with van der Waals surface area (Å²) in [4.78, 5) is 6.50. The molecule has 1 aromatic carbocycles. The molecule has 3 N–H and O–H groups in total. The molecule has 0 bridgehead atoms. The first-order valence-corrected chi connectivity index (χ1v) is 11.4. The molecule has 1 aliphatic rings. The molecule has 0 amide bonds. The second-order valence-electron chi connectivity index (χ2n) is 6.54. The summed E-state index contributed by atoms with van der Waals surface area (Å²) in [5.41, 5.74) is 0.991. The minimum atomic E-state index is -3.13. The van der Waals surface area contributed by atoms with Crippen LogP contribution >= 0.6 is 35.6 Å². The smallest absolute Gasteiger partial charge is 0.211 e. The molecule has 1 unspecified atom stereocenters. The maximum atomic E-state index is 11.4. The lowest BCUT2D eigenvalue weighted by molar-refractivity contribution is 0.415. The molecule has 8 nitrogen and oxygen atoms in total. The number of anilines is 1. The number of halogens is 2. The van der Waals surface area contributed by atoms with E-state index in [1.807, 2.05) is 18.2 Å². The van der Waals surface area contributed by atoms with Gasteiger partial charge in [-0.3, -0.25) is 4.99 Å². The fourth-order valence-electron chi connectivity index (χ4n) is 3.02. The summed E-state index contributed by atoms with van der Waals surface area (Å²) in [6.45, 7) is 4.37. The van der Waals surface area contributed by atoms with Gasteiger partial charge in [0.2, 0.25) is 10.0 Å². The molecule has 0 radical (unpaired) electrons. The lowest BCUT2D eigenvalue weighted by atomic mass is 10.2. The molecule has 2 rings (SSSR count). The third-order valence-electron chi connectivity index (χ3n) is 4.58. The van der Waals surface area contributed by atoms with Gasteiger partial charge in [0.15, 0.2) is 5.96 Å². The Morgan fingerprint density at radius 2 is 2.14 bits per heavy atom. The number of nitrogens with zero attached hydrogens (tertiary/aromatic N) is 2.